The molecule has 3 nitrogen and oxygen atoms in total. The molecule has 38 valence electrons. The van der Waals surface area contributed by atoms with Crippen LogP contribution >= 0.6 is 0 Å². The molecule has 0 saturated carbocycles. The van der Waals surface area contributed by atoms with Crippen molar-refractivity contribution in [3.8, 4) is 0 Å². The van der Waals surface area contributed by atoms with Gasteiger partial charge in [0.25, 0.3) is 0 Å². The fraction of sp³-hybridized carbons (Fsp3) is 1.00. The van der Waals surface area contributed by atoms with Crippen LogP contribution in [0.2, 0.25) is 0 Å². The van der Waals surface area contributed by atoms with Gasteiger partial charge in [-0.3, -0.25) is 0 Å². The number of aliphatic hydroxyl groups is 1. The van der Waals surface area contributed by atoms with Crippen molar-refractivity contribution in [1.82, 2.24) is 0 Å². The first-order chi connectivity index (χ1) is 2.77. The zero-order chi connectivity index (χ0) is 4.99. The molecule has 0 bridgehead atoms. The molecule has 0 aromatic heterocycles. The van der Waals surface area contributed by atoms with Crippen molar-refractivity contribution in [1.29, 1.82) is 4.78 Å². The molecule has 0 radical (unpaired) electrons. The van der Waals surface area contributed by atoms with Gasteiger partial charge in [0.15, 0.2) is 0 Å². The predicted octanol–water partition coefficient (Wildman–Crippen LogP) is -0.295. The first-order valence-electron chi connectivity index (χ1n) is 1.48. The van der Waals surface area contributed by atoms with Crippen LogP contribution in [0, 0.1) is 4.78 Å². The number of hydrogen-bond donors (Lipinski definition) is 2. The van der Waals surface area contributed by atoms with E-state index in [1.54, 1.807) is 0 Å². The van der Waals surface area contributed by atoms with Crippen molar-refractivity contribution >= 4 is 10.6 Å². The predicted molar refractivity (Wildman–Crippen MR) is 22.7 cm³/mol. The number of rotatable bonds is 2. The molecule has 0 saturated heterocycles. The van der Waals surface area contributed by atoms with Gasteiger partial charge < -0.3 is 14.1 Å². The Labute approximate surface area is 38.0 Å². The van der Waals surface area contributed by atoms with Gasteiger partial charge in [-0.2, -0.15) is 10.6 Å². The summed E-state index contributed by atoms with van der Waals surface area (Å²) < 4.78 is 16.0. The molecular weight excluding hydrogens is 102 g/mol. The van der Waals surface area contributed by atoms with Crippen molar-refractivity contribution in [2.45, 2.75) is 0 Å². The second-order valence-electron chi connectivity index (χ2n) is 0.773. The summed E-state index contributed by atoms with van der Waals surface area (Å²) in [5, 5.41) is 7.92. The zero-order valence-electron chi connectivity index (χ0n) is 3.18. The molecule has 0 aromatic rings. The summed E-state index contributed by atoms with van der Waals surface area (Å²) in [5.74, 6) is 0.0694. The Morgan fingerprint density at radius 2 is 2.33 bits per heavy atom. The minimum Gasteiger partial charge on any atom is -0.445 e. The lowest BCUT2D eigenvalue weighted by atomic mass is 10.9. The van der Waals surface area contributed by atoms with E-state index in [-0.39, 0.29) is 12.4 Å². The van der Waals surface area contributed by atoms with Crippen LogP contribution in [0.1, 0.15) is 0 Å². The Hall–Kier alpha value is -0.0900. The molecule has 0 aromatic carbocycles. The molecule has 4 heteroatoms. The van der Waals surface area contributed by atoms with Crippen LogP contribution in [0.5, 0.6) is 0 Å². The smallest absolute Gasteiger partial charge is 0.0280 e. The van der Waals surface area contributed by atoms with Crippen LogP contribution in [0.15, 0.2) is 0 Å². The van der Waals surface area contributed by atoms with E-state index in [1.807, 2.05) is 0 Å². The molecule has 0 unspecified atom stereocenters. The molecule has 0 rings (SSSR count). The van der Waals surface area contributed by atoms with Crippen LogP contribution in [-0.4, -0.2) is 17.5 Å². The average molecular weight is 108 g/mol. The average Bonchev–Trinajstić information content (AvgIpc) is 1.35. The number of hydrogen-bond acceptors (Lipinski definition) is 4. The van der Waals surface area contributed by atoms with E-state index in [0.29, 0.717) is 0 Å². The maximum Gasteiger partial charge on any atom is 0.0280 e. The molecule has 6 heavy (non-hydrogen) atoms. The monoisotopic (exact) mass is 108 g/mol. The summed E-state index contributed by atoms with van der Waals surface area (Å²) in [4.78, 5) is 0. The van der Waals surface area contributed by atoms with Gasteiger partial charge in [0.05, 0.1) is 0 Å². The zero-order valence-corrected chi connectivity index (χ0v) is 3.99. The Balaban J connectivity index is 3.07. The van der Waals surface area contributed by atoms with E-state index >= 15 is 0 Å². The molecule has 0 aliphatic rings. The van der Waals surface area contributed by atoms with Crippen molar-refractivity contribution in [3.63, 3.8) is 0 Å². The van der Waals surface area contributed by atoms with Crippen LogP contribution in [0.3, 0.4) is 0 Å². The van der Waals surface area contributed by atoms with Crippen LogP contribution < -0.4 is 0 Å². The maximum atomic E-state index is 9.66. The number of aliphatic hydroxyl groups excluding tert-OH is 1. The quantitative estimate of drug-likeness (QED) is 0.477. The molecule has 0 heterocycles. The lowest BCUT2D eigenvalue weighted by Crippen LogP contribution is -1.89. The summed E-state index contributed by atoms with van der Waals surface area (Å²) in [7, 11) is -1.57. The van der Waals surface area contributed by atoms with Gasteiger partial charge in [-0.05, 0) is 0 Å². The minimum atomic E-state index is -1.57. The fourth-order valence-electron chi connectivity index (χ4n) is 0.0829. The van der Waals surface area contributed by atoms with Crippen molar-refractivity contribution in [2.24, 2.45) is 0 Å². The van der Waals surface area contributed by atoms with Gasteiger partial charge >= 0.3 is 0 Å². The largest absolute Gasteiger partial charge is 0.445 e. The summed E-state index contributed by atoms with van der Waals surface area (Å²) in [6.45, 7) is -0.157. The second kappa shape index (κ2) is 3.11. The van der Waals surface area contributed by atoms with E-state index in [9.17, 15) is 4.21 Å². The van der Waals surface area contributed by atoms with Crippen molar-refractivity contribution in [3.05, 3.63) is 0 Å². The summed E-state index contributed by atoms with van der Waals surface area (Å²) in [6.07, 6.45) is 0. The molecular formula is C2H6NO2S-. The van der Waals surface area contributed by atoms with Crippen LogP contribution in [0.4, 0.5) is 0 Å². The highest BCUT2D eigenvalue weighted by Crippen LogP contribution is 1.60. The first kappa shape index (κ1) is 5.91. The second-order valence-corrected chi connectivity index (χ2v) is 1.87. The lowest BCUT2D eigenvalue weighted by molar-refractivity contribution is 0.321. The Morgan fingerprint density at radius 3 is 2.33 bits per heavy atom. The van der Waals surface area contributed by atoms with Gasteiger partial charge in [-0.1, -0.05) is 5.75 Å². The summed E-state index contributed by atoms with van der Waals surface area (Å²) in [6, 6.07) is 0. The van der Waals surface area contributed by atoms with Gasteiger partial charge in [0.1, 0.15) is 0 Å². The standard InChI is InChI=1S/C2H6NO2S/c3-6(5)2-1-4/h3-4H,1-2H2/q-1. The van der Waals surface area contributed by atoms with Crippen LogP contribution in [-0.2, 0) is 14.8 Å². The van der Waals surface area contributed by atoms with Gasteiger partial charge in [0.2, 0.25) is 0 Å². The third-order valence-corrected chi connectivity index (χ3v) is 0.830. The SMILES string of the molecule is N=[S-](=O)CCO. The third-order valence-electron chi connectivity index (χ3n) is 0.277. The molecule has 2 N–H and O–H groups in total. The van der Waals surface area contributed by atoms with E-state index in [4.69, 9.17) is 9.89 Å². The van der Waals surface area contributed by atoms with E-state index in [1.165, 1.54) is 0 Å². The van der Waals surface area contributed by atoms with Crippen molar-refractivity contribution < 1.29 is 9.32 Å². The Kier molecular flexibility index (Phi) is 3.07. The summed E-state index contributed by atoms with van der Waals surface area (Å²) >= 11 is 0. The first-order valence-corrected chi connectivity index (χ1v) is 2.79. The molecule has 0 aliphatic carbocycles. The van der Waals surface area contributed by atoms with E-state index in [2.05, 4.69) is 0 Å². The van der Waals surface area contributed by atoms with Crippen molar-refractivity contribution in [2.75, 3.05) is 12.4 Å². The fourth-order valence-corrected chi connectivity index (χ4v) is 0.249. The highest BCUT2D eigenvalue weighted by molar-refractivity contribution is 7.73. The number of nitrogens with one attached hydrogen (secondary N) is 1. The summed E-state index contributed by atoms with van der Waals surface area (Å²) in [5.41, 5.74) is 0. The maximum absolute atomic E-state index is 9.66. The highest BCUT2D eigenvalue weighted by atomic mass is 32.2. The lowest BCUT2D eigenvalue weighted by Gasteiger charge is -1.88. The third kappa shape index (κ3) is 3.91. The molecule has 0 atom stereocenters. The van der Waals surface area contributed by atoms with Crippen LogP contribution in [0.25, 0.3) is 0 Å². The molecule has 0 amide bonds. The molecule has 0 aliphatic heterocycles. The normalized spacial score (nSPS) is 9.67. The molecule has 0 spiro atoms. The minimum absolute atomic E-state index is 0.0694. The highest BCUT2D eigenvalue weighted by Gasteiger charge is 1.61. The Morgan fingerprint density at radius 1 is 1.83 bits per heavy atom. The van der Waals surface area contributed by atoms with E-state index < -0.39 is 10.6 Å². The molecule has 0 fully saturated rings. The Bertz CT molecular complexity index is 79.5. The topological polar surface area (TPSA) is 61.2 Å². The van der Waals surface area contributed by atoms with Gasteiger partial charge in [-0.15, -0.1) is 0 Å². The van der Waals surface area contributed by atoms with E-state index in [0.717, 1.165) is 0 Å². The van der Waals surface area contributed by atoms with Gasteiger partial charge in [-0.25, -0.2) is 0 Å². The van der Waals surface area contributed by atoms with Gasteiger partial charge in [0, 0.05) is 6.61 Å².